The Morgan fingerprint density at radius 3 is 0.756 bits per heavy atom. The number of benzene rings is 18. The van der Waals surface area contributed by atoms with Gasteiger partial charge in [0, 0.05) is 45.3 Å². The molecule has 0 heterocycles. The Balaban J connectivity index is 0.745. The monoisotopic (exact) mass is 1590 g/mol. The van der Waals surface area contributed by atoms with Gasteiger partial charge in [-0.15, -0.1) is 0 Å². The third kappa shape index (κ3) is 11.6. The van der Waals surface area contributed by atoms with Crippen LogP contribution in [-0.4, -0.2) is 0 Å². The average molecular weight is 1590 g/mol. The molecule has 0 aliphatic heterocycles. The van der Waals surface area contributed by atoms with Crippen molar-refractivity contribution < 1.29 is 27.0 Å². The fraction of sp³-hybridized carbons (Fsp3) is 0.0261. The highest BCUT2D eigenvalue weighted by molar-refractivity contribution is 5.99. The SMILES string of the molecule is C=Cc1ccc(Oc2ccc(C3(c4c(F)cccc4F)c4ccccc4-c4ccc(N(c5ccc(-c6ccccc6)cc5)c5ccc6c(c5)C5(c7ccccc7-6)c6ccccc6-c6ccc(N(c7ccc(-c8ccccc8)cc7)c7ccc8c(c7)C(c7ccc(Oc9ccc(C=C)cc9)cc7)(c7c(F)cccc7F)c7ccccc7-8)cc65)cc43)cc2)cc1. The van der Waals surface area contributed by atoms with Crippen LogP contribution in [0.4, 0.5) is 51.7 Å². The lowest BCUT2D eigenvalue weighted by atomic mass is 9.67. The van der Waals surface area contributed by atoms with E-state index in [1.54, 1.807) is 12.2 Å². The molecule has 0 fully saturated rings. The van der Waals surface area contributed by atoms with Gasteiger partial charge in [-0.3, -0.25) is 0 Å². The summed E-state index contributed by atoms with van der Waals surface area (Å²) in [5.74, 6) is -0.357. The highest BCUT2D eigenvalue weighted by atomic mass is 19.1. The molecule has 4 aliphatic rings. The number of rotatable bonds is 18. The van der Waals surface area contributed by atoms with Crippen molar-refractivity contribution in [2.45, 2.75) is 16.2 Å². The number of ether oxygens (including phenoxy) is 2. The summed E-state index contributed by atoms with van der Waals surface area (Å²) in [6.45, 7) is 7.85. The molecule has 18 aromatic rings. The third-order valence-corrected chi connectivity index (χ3v) is 25.6. The summed E-state index contributed by atoms with van der Waals surface area (Å²) in [6.07, 6.45) is 3.57. The van der Waals surface area contributed by atoms with Crippen molar-refractivity contribution >= 4 is 46.3 Å². The number of hydrogen-bond donors (Lipinski definition) is 0. The zero-order valence-electron chi connectivity index (χ0n) is 66.6. The van der Waals surface area contributed by atoms with Crippen molar-refractivity contribution in [3.8, 4) is 89.8 Å². The van der Waals surface area contributed by atoms with E-state index in [2.05, 4.69) is 229 Å². The zero-order chi connectivity index (χ0) is 82.7. The maximum atomic E-state index is 17.8. The predicted octanol–water partition coefficient (Wildman–Crippen LogP) is 30.5. The van der Waals surface area contributed by atoms with E-state index < -0.39 is 39.5 Å². The first-order chi connectivity index (χ1) is 60.5. The third-order valence-electron chi connectivity index (χ3n) is 25.6. The minimum atomic E-state index is -1.53. The average Bonchev–Trinajstić information content (AvgIpc) is 1.49. The molecule has 0 bridgehead atoms. The van der Waals surface area contributed by atoms with Gasteiger partial charge in [0.25, 0.3) is 0 Å². The maximum Gasteiger partial charge on any atom is 0.130 e. The van der Waals surface area contributed by atoms with Crippen molar-refractivity contribution in [1.29, 1.82) is 0 Å². The Labute approximate surface area is 711 Å². The lowest BCUT2D eigenvalue weighted by Gasteiger charge is -2.36. The summed E-state index contributed by atoms with van der Waals surface area (Å²) in [4.78, 5) is 4.58. The molecule has 123 heavy (non-hydrogen) atoms. The van der Waals surface area contributed by atoms with Crippen LogP contribution in [0.2, 0.25) is 0 Å². The van der Waals surface area contributed by atoms with E-state index in [1.807, 2.05) is 170 Å². The molecule has 0 saturated heterocycles. The summed E-state index contributed by atoms with van der Waals surface area (Å²) in [6, 6.07) is 137. The minimum Gasteiger partial charge on any atom is -0.457 e. The van der Waals surface area contributed by atoms with Crippen LogP contribution in [-0.2, 0) is 16.2 Å². The van der Waals surface area contributed by atoms with Gasteiger partial charge < -0.3 is 19.3 Å². The van der Waals surface area contributed by atoms with Crippen molar-refractivity contribution in [1.82, 2.24) is 0 Å². The maximum absolute atomic E-state index is 17.8. The van der Waals surface area contributed by atoms with Gasteiger partial charge in [-0.25, -0.2) is 17.6 Å². The Kier molecular flexibility index (Phi) is 17.6. The van der Waals surface area contributed by atoms with Crippen LogP contribution in [0, 0.1) is 23.3 Å². The normalized spacial score (nSPS) is 15.6. The van der Waals surface area contributed by atoms with Crippen LogP contribution in [0.5, 0.6) is 23.0 Å². The Bertz CT molecular complexity index is 6780. The fourth-order valence-electron chi connectivity index (χ4n) is 20.3. The van der Waals surface area contributed by atoms with Crippen molar-refractivity contribution in [3.63, 3.8) is 0 Å². The smallest absolute Gasteiger partial charge is 0.130 e. The zero-order valence-corrected chi connectivity index (χ0v) is 66.6. The van der Waals surface area contributed by atoms with Gasteiger partial charge in [-0.1, -0.05) is 292 Å². The van der Waals surface area contributed by atoms with Crippen LogP contribution < -0.4 is 19.3 Å². The van der Waals surface area contributed by atoms with Gasteiger partial charge in [-0.2, -0.15) is 0 Å². The lowest BCUT2D eigenvalue weighted by molar-refractivity contribution is 0.481. The first-order valence-electron chi connectivity index (χ1n) is 41.3. The first kappa shape index (κ1) is 73.7. The Morgan fingerprint density at radius 2 is 0.455 bits per heavy atom. The molecule has 1 spiro atoms. The fourth-order valence-corrected chi connectivity index (χ4v) is 20.3. The Morgan fingerprint density at radius 1 is 0.211 bits per heavy atom. The van der Waals surface area contributed by atoms with Gasteiger partial charge in [0.2, 0.25) is 0 Å². The molecule has 0 aromatic heterocycles. The second-order valence-corrected chi connectivity index (χ2v) is 31.8. The molecule has 22 rings (SSSR count). The number of anilines is 6. The van der Waals surface area contributed by atoms with Gasteiger partial charge in [0.1, 0.15) is 46.3 Å². The first-order valence-corrected chi connectivity index (χ1v) is 41.3. The molecule has 2 atom stereocenters. The summed E-state index contributed by atoms with van der Waals surface area (Å²) in [5, 5.41) is 0. The number of nitrogens with zero attached hydrogens (tertiary/aromatic N) is 2. The highest BCUT2D eigenvalue weighted by Gasteiger charge is 2.55. The summed E-state index contributed by atoms with van der Waals surface area (Å²) in [5.41, 5.74) is 23.0. The van der Waals surface area contributed by atoms with E-state index in [1.165, 1.54) is 36.4 Å². The van der Waals surface area contributed by atoms with E-state index in [4.69, 9.17) is 9.47 Å². The second kappa shape index (κ2) is 29.4. The van der Waals surface area contributed by atoms with Gasteiger partial charge in [-0.05, 0) is 279 Å². The molecule has 4 nitrogen and oxygen atoms in total. The van der Waals surface area contributed by atoms with E-state index in [-0.39, 0.29) is 11.1 Å². The van der Waals surface area contributed by atoms with Crippen molar-refractivity contribution in [3.05, 3.63) is 527 Å². The summed E-state index contributed by atoms with van der Waals surface area (Å²) >= 11 is 0. The molecule has 8 heteroatoms. The van der Waals surface area contributed by atoms with E-state index >= 15 is 17.6 Å². The molecule has 18 aromatic carbocycles. The van der Waals surface area contributed by atoms with E-state index in [0.717, 1.165) is 145 Å². The summed E-state index contributed by atoms with van der Waals surface area (Å²) in [7, 11) is 0. The van der Waals surface area contributed by atoms with Gasteiger partial charge in [0.05, 0.1) is 16.2 Å². The molecule has 4 aliphatic carbocycles. The molecular weight excluding hydrogens is 1520 g/mol. The molecular formula is C115H74F4N2O2. The molecule has 0 radical (unpaired) electrons. The standard InChI is InChI=1S/C115H74F4N2O2/c1-3-73-37-57-87(58-38-73)122-89-61-45-79(46-62-89)113(111-107(116)33-19-34-108(111)117)99-29-15-11-25-91(99)95-65-53-83(69-103(95)113)120(81-49-41-77(42-50-81)75-21-7-5-8-22-75)85-55-67-97-93-27-13-17-31-101(93)115(105(97)71-85)102-32-18-14-28-94(102)98-68-56-86(72-106(98)115)121(82-51-43-78(44-52-82)76-23-9-6-10-24-76)84-54-66-96-92-26-12-16-30-100(92)114(104(96)70-84,112-109(118)35-20-36-110(112)119)80-47-63-90(64-48-80)123-88-59-39-74(4-2)40-60-88/h3-72H,1-2H2. The Hall–Kier alpha value is -15.6. The van der Waals surface area contributed by atoms with E-state index in [9.17, 15) is 0 Å². The second-order valence-electron chi connectivity index (χ2n) is 31.8. The predicted molar refractivity (Wildman–Crippen MR) is 491 cm³/mol. The number of halogens is 4. The molecule has 584 valence electrons. The number of hydrogen-bond acceptors (Lipinski definition) is 4. The highest BCUT2D eigenvalue weighted by Crippen LogP contribution is 2.66. The lowest BCUT2D eigenvalue weighted by Crippen LogP contribution is -2.31. The molecule has 0 saturated carbocycles. The number of fused-ring (bicyclic) bond motifs is 16. The van der Waals surface area contributed by atoms with Crippen LogP contribution in [0.1, 0.15) is 77.9 Å². The topological polar surface area (TPSA) is 24.9 Å². The van der Waals surface area contributed by atoms with Crippen molar-refractivity contribution in [2.24, 2.45) is 0 Å². The quantitative estimate of drug-likeness (QED) is 0.0800. The largest absolute Gasteiger partial charge is 0.457 e. The minimum absolute atomic E-state index is 0.0913. The van der Waals surface area contributed by atoms with Gasteiger partial charge in [0.15, 0.2) is 0 Å². The molecule has 2 unspecified atom stereocenters. The van der Waals surface area contributed by atoms with Crippen LogP contribution >= 0.6 is 0 Å². The van der Waals surface area contributed by atoms with Crippen LogP contribution in [0.25, 0.3) is 78.9 Å². The molecule has 0 N–H and O–H groups in total. The summed E-state index contributed by atoms with van der Waals surface area (Å²) < 4.78 is 83.9. The van der Waals surface area contributed by atoms with Crippen LogP contribution in [0.15, 0.2) is 426 Å². The van der Waals surface area contributed by atoms with E-state index in [0.29, 0.717) is 45.3 Å². The van der Waals surface area contributed by atoms with Crippen LogP contribution in [0.3, 0.4) is 0 Å². The molecule has 0 amide bonds. The van der Waals surface area contributed by atoms with Gasteiger partial charge >= 0.3 is 0 Å². The van der Waals surface area contributed by atoms with Crippen molar-refractivity contribution in [2.75, 3.05) is 9.80 Å².